The summed E-state index contributed by atoms with van der Waals surface area (Å²) in [6.45, 7) is 1.44. The molecule has 1 fully saturated rings. The van der Waals surface area contributed by atoms with Gasteiger partial charge in [0.2, 0.25) is 10.0 Å². The summed E-state index contributed by atoms with van der Waals surface area (Å²) in [4.78, 5) is 11.0. The molecule has 0 saturated carbocycles. The summed E-state index contributed by atoms with van der Waals surface area (Å²) in [6, 6.07) is 1.49. The van der Waals surface area contributed by atoms with Gasteiger partial charge in [-0.05, 0) is 12.8 Å². The van der Waals surface area contributed by atoms with E-state index in [9.17, 15) is 13.2 Å². The first-order valence-electron chi connectivity index (χ1n) is 6.26. The van der Waals surface area contributed by atoms with Gasteiger partial charge in [0.05, 0.1) is 12.9 Å². The van der Waals surface area contributed by atoms with Crippen LogP contribution in [0.4, 0.5) is 0 Å². The van der Waals surface area contributed by atoms with E-state index in [0.717, 1.165) is 24.2 Å². The number of carboxylic acids is 1. The molecule has 2 heterocycles. The Balaban J connectivity index is 1.88. The summed E-state index contributed by atoms with van der Waals surface area (Å²) in [6.07, 6.45) is 2.96. The van der Waals surface area contributed by atoms with Gasteiger partial charge in [-0.1, -0.05) is 0 Å². The Bertz CT molecular complexity index is 580. The summed E-state index contributed by atoms with van der Waals surface area (Å²) < 4.78 is 30.0. The number of thiophene rings is 1. The summed E-state index contributed by atoms with van der Waals surface area (Å²) in [7, 11) is -3.15. The van der Waals surface area contributed by atoms with Crippen LogP contribution in [0.1, 0.15) is 22.5 Å². The quantitative estimate of drug-likeness (QED) is 0.889. The molecule has 0 spiro atoms. The van der Waals surface area contributed by atoms with Crippen LogP contribution < -0.4 is 4.74 Å². The number of aromatic carboxylic acids is 1. The number of sulfonamides is 1. The van der Waals surface area contributed by atoms with Crippen molar-refractivity contribution in [1.29, 1.82) is 0 Å². The normalized spacial score (nSPS) is 20.8. The van der Waals surface area contributed by atoms with Gasteiger partial charge >= 0.3 is 5.97 Å². The van der Waals surface area contributed by atoms with E-state index < -0.39 is 16.0 Å². The van der Waals surface area contributed by atoms with Crippen LogP contribution in [0.15, 0.2) is 11.4 Å². The topological polar surface area (TPSA) is 83.9 Å². The Labute approximate surface area is 122 Å². The largest absolute Gasteiger partial charge is 0.492 e. The fraction of sp³-hybridized carbons (Fsp3) is 0.583. The standard InChI is InChI=1S/C12H17NO5S2/c1-20(16,17)13-4-2-3-9(6-13)7-18-10-5-11(12(14)15)19-8-10/h5,8-9H,2-4,6-7H2,1H3,(H,14,15). The molecule has 0 bridgehead atoms. The summed E-state index contributed by atoms with van der Waals surface area (Å²) in [5, 5.41) is 10.5. The molecule has 0 amide bonds. The Kier molecular flexibility index (Phi) is 4.66. The lowest BCUT2D eigenvalue weighted by Crippen LogP contribution is -2.40. The number of carbonyl (C=O) groups is 1. The van der Waals surface area contributed by atoms with Crippen LogP contribution in [0.3, 0.4) is 0 Å². The molecular formula is C12H17NO5S2. The molecule has 20 heavy (non-hydrogen) atoms. The van der Waals surface area contributed by atoms with Gasteiger partial charge in [-0.15, -0.1) is 11.3 Å². The Morgan fingerprint density at radius 1 is 1.60 bits per heavy atom. The van der Waals surface area contributed by atoms with Gasteiger partial charge in [0.1, 0.15) is 10.6 Å². The molecule has 1 aromatic heterocycles. The predicted octanol–water partition coefficient (Wildman–Crippen LogP) is 1.50. The molecule has 1 atom stereocenters. The second-order valence-corrected chi connectivity index (χ2v) is 7.79. The highest BCUT2D eigenvalue weighted by Crippen LogP contribution is 2.24. The monoisotopic (exact) mass is 319 g/mol. The van der Waals surface area contributed by atoms with E-state index in [-0.39, 0.29) is 10.8 Å². The average Bonchev–Trinajstić information content (AvgIpc) is 2.85. The van der Waals surface area contributed by atoms with Crippen LogP contribution in [-0.4, -0.2) is 49.8 Å². The minimum atomic E-state index is -3.15. The van der Waals surface area contributed by atoms with Crippen LogP contribution in [0.25, 0.3) is 0 Å². The van der Waals surface area contributed by atoms with E-state index >= 15 is 0 Å². The first-order valence-corrected chi connectivity index (χ1v) is 8.99. The fourth-order valence-electron chi connectivity index (χ4n) is 2.18. The van der Waals surface area contributed by atoms with Crippen molar-refractivity contribution in [2.45, 2.75) is 12.8 Å². The molecule has 0 aliphatic carbocycles. The number of hydrogen-bond donors (Lipinski definition) is 1. The van der Waals surface area contributed by atoms with Crippen LogP contribution in [0, 0.1) is 5.92 Å². The lowest BCUT2D eigenvalue weighted by molar-refractivity contribution is 0.0701. The van der Waals surface area contributed by atoms with Crippen LogP contribution in [-0.2, 0) is 10.0 Å². The Morgan fingerprint density at radius 3 is 2.95 bits per heavy atom. The molecule has 0 aromatic carbocycles. The van der Waals surface area contributed by atoms with Crippen molar-refractivity contribution in [3.05, 3.63) is 16.3 Å². The van der Waals surface area contributed by atoms with Crippen LogP contribution >= 0.6 is 11.3 Å². The van der Waals surface area contributed by atoms with Crippen LogP contribution in [0.2, 0.25) is 0 Å². The highest BCUT2D eigenvalue weighted by molar-refractivity contribution is 7.88. The zero-order valence-electron chi connectivity index (χ0n) is 11.1. The second kappa shape index (κ2) is 6.11. The molecule has 1 aliphatic rings. The molecular weight excluding hydrogens is 302 g/mol. The van der Waals surface area contributed by atoms with Gasteiger partial charge in [0.15, 0.2) is 0 Å². The molecule has 0 radical (unpaired) electrons. The molecule has 8 heteroatoms. The molecule has 1 unspecified atom stereocenters. The SMILES string of the molecule is CS(=O)(=O)N1CCCC(COc2csc(C(=O)O)c2)C1. The summed E-state index contributed by atoms with van der Waals surface area (Å²) in [5.41, 5.74) is 0. The number of nitrogens with zero attached hydrogens (tertiary/aromatic N) is 1. The highest BCUT2D eigenvalue weighted by Gasteiger charge is 2.26. The highest BCUT2D eigenvalue weighted by atomic mass is 32.2. The zero-order valence-corrected chi connectivity index (χ0v) is 12.7. The van der Waals surface area contributed by atoms with Gasteiger partial charge in [0, 0.05) is 30.5 Å². The third-order valence-electron chi connectivity index (χ3n) is 3.22. The zero-order chi connectivity index (χ0) is 14.8. The third kappa shape index (κ3) is 3.94. The first kappa shape index (κ1) is 15.3. The van der Waals surface area contributed by atoms with Crippen LogP contribution in [0.5, 0.6) is 5.75 Å². The molecule has 1 aromatic rings. The maximum Gasteiger partial charge on any atom is 0.346 e. The number of hydrogen-bond acceptors (Lipinski definition) is 5. The average molecular weight is 319 g/mol. The fourth-order valence-corrected chi connectivity index (χ4v) is 3.79. The second-order valence-electron chi connectivity index (χ2n) is 4.89. The number of ether oxygens (including phenoxy) is 1. The van der Waals surface area contributed by atoms with Gasteiger partial charge < -0.3 is 9.84 Å². The minimum absolute atomic E-state index is 0.145. The molecule has 112 valence electrons. The van der Waals surface area contributed by atoms with Gasteiger partial charge in [-0.2, -0.15) is 0 Å². The maximum atomic E-state index is 11.5. The summed E-state index contributed by atoms with van der Waals surface area (Å²) in [5.74, 6) is -0.290. The molecule has 2 rings (SSSR count). The third-order valence-corrected chi connectivity index (χ3v) is 5.39. The van der Waals surface area contributed by atoms with Gasteiger partial charge in [0.25, 0.3) is 0 Å². The van der Waals surface area contributed by atoms with E-state index in [4.69, 9.17) is 9.84 Å². The molecule has 1 aliphatic heterocycles. The number of piperidine rings is 1. The van der Waals surface area contributed by atoms with E-state index in [2.05, 4.69) is 0 Å². The molecule has 1 saturated heterocycles. The lowest BCUT2D eigenvalue weighted by atomic mass is 10.0. The number of rotatable bonds is 5. The molecule has 6 nitrogen and oxygen atoms in total. The molecule has 1 N–H and O–H groups in total. The van der Waals surface area contributed by atoms with Gasteiger partial charge in [-0.25, -0.2) is 17.5 Å². The lowest BCUT2D eigenvalue weighted by Gasteiger charge is -2.30. The van der Waals surface area contributed by atoms with Crippen molar-refractivity contribution in [3.8, 4) is 5.75 Å². The summed E-state index contributed by atoms with van der Waals surface area (Å²) >= 11 is 1.12. The van der Waals surface area contributed by atoms with E-state index in [0.29, 0.717) is 25.4 Å². The van der Waals surface area contributed by atoms with Crippen molar-refractivity contribution in [2.75, 3.05) is 26.0 Å². The minimum Gasteiger partial charge on any atom is -0.492 e. The van der Waals surface area contributed by atoms with Crippen molar-refractivity contribution in [2.24, 2.45) is 5.92 Å². The van der Waals surface area contributed by atoms with E-state index in [1.165, 1.54) is 16.6 Å². The van der Waals surface area contributed by atoms with Crippen molar-refractivity contribution in [1.82, 2.24) is 4.31 Å². The Morgan fingerprint density at radius 2 is 2.35 bits per heavy atom. The number of carboxylic acid groups (broad SMARTS) is 1. The van der Waals surface area contributed by atoms with E-state index in [1.807, 2.05) is 0 Å². The predicted molar refractivity (Wildman–Crippen MR) is 75.9 cm³/mol. The van der Waals surface area contributed by atoms with Crippen molar-refractivity contribution >= 4 is 27.3 Å². The van der Waals surface area contributed by atoms with Gasteiger partial charge in [-0.3, -0.25) is 0 Å². The smallest absolute Gasteiger partial charge is 0.346 e. The van der Waals surface area contributed by atoms with E-state index in [1.54, 1.807) is 5.38 Å². The van der Waals surface area contributed by atoms with Crippen molar-refractivity contribution in [3.63, 3.8) is 0 Å². The van der Waals surface area contributed by atoms with Crippen molar-refractivity contribution < 1.29 is 23.1 Å². The Hall–Kier alpha value is -1.12. The maximum absolute atomic E-state index is 11.5. The first-order chi connectivity index (χ1) is 9.36.